The summed E-state index contributed by atoms with van der Waals surface area (Å²) in [6.45, 7) is 1.98. The van der Waals surface area contributed by atoms with Gasteiger partial charge in [0.15, 0.2) is 0 Å². The van der Waals surface area contributed by atoms with Gasteiger partial charge in [-0.15, -0.1) is 0 Å². The highest BCUT2D eigenvalue weighted by molar-refractivity contribution is 5.67. The van der Waals surface area contributed by atoms with E-state index in [-0.39, 0.29) is 6.04 Å². The summed E-state index contributed by atoms with van der Waals surface area (Å²) in [5.74, 6) is 0. The summed E-state index contributed by atoms with van der Waals surface area (Å²) < 4.78 is 5.49. The summed E-state index contributed by atoms with van der Waals surface area (Å²) in [7, 11) is 0. The molecule has 1 aromatic carbocycles. The zero-order valence-electron chi connectivity index (χ0n) is 15.2. The molecule has 2 saturated heterocycles. The number of carbonyl (C=O) groups is 1. The van der Waals surface area contributed by atoms with Gasteiger partial charge in [0.2, 0.25) is 0 Å². The highest BCUT2D eigenvalue weighted by Gasteiger charge is 2.37. The number of nitrogens with zero attached hydrogens (tertiary/aromatic N) is 3. The van der Waals surface area contributed by atoms with Crippen LogP contribution in [0.4, 0.5) is 10.5 Å². The van der Waals surface area contributed by atoms with E-state index < -0.39 is 18.3 Å². The van der Waals surface area contributed by atoms with Gasteiger partial charge < -0.3 is 25.8 Å². The third-order valence-corrected chi connectivity index (χ3v) is 5.08. The van der Waals surface area contributed by atoms with E-state index in [2.05, 4.69) is 26.0 Å². The smallest absolute Gasteiger partial charge is 0.407 e. The van der Waals surface area contributed by atoms with Crippen LogP contribution >= 0.6 is 0 Å². The minimum absolute atomic E-state index is 0.174. The van der Waals surface area contributed by atoms with Crippen molar-refractivity contribution in [3.8, 4) is 0 Å². The minimum atomic E-state index is -0.736. The highest BCUT2D eigenvalue weighted by atomic mass is 16.6. The summed E-state index contributed by atoms with van der Waals surface area (Å²) in [5, 5.41) is 23.1. The first-order valence-electron chi connectivity index (χ1n) is 9.39. The molecule has 146 valence electrons. The molecule has 9 heteroatoms. The van der Waals surface area contributed by atoms with E-state index in [0.29, 0.717) is 31.2 Å². The standard InChI is InChI=1S/C18H26N6O3/c19-24-23-14-5-3-12(4-6-14)10-15-17(16(25)11-22-15)27-18(26)21-9-7-13-2-1-8-20-13/h3-6,13,15-17,20,22,25H,1-2,7-11H2,(H,21,26)/t13-,15+,16-,17-/m0/s1. The number of aliphatic hydroxyl groups is 1. The lowest BCUT2D eigenvalue weighted by molar-refractivity contribution is 0.0189. The molecule has 9 nitrogen and oxygen atoms in total. The lowest BCUT2D eigenvalue weighted by atomic mass is 10.0. The van der Waals surface area contributed by atoms with Crippen LogP contribution < -0.4 is 16.0 Å². The van der Waals surface area contributed by atoms with Gasteiger partial charge in [-0.05, 0) is 43.3 Å². The molecule has 0 saturated carbocycles. The molecule has 27 heavy (non-hydrogen) atoms. The van der Waals surface area contributed by atoms with Crippen LogP contribution in [0.15, 0.2) is 29.4 Å². The van der Waals surface area contributed by atoms with Gasteiger partial charge in [0.25, 0.3) is 0 Å². The molecule has 3 rings (SSSR count). The second-order valence-electron chi connectivity index (χ2n) is 7.02. The number of rotatable bonds is 7. The van der Waals surface area contributed by atoms with Gasteiger partial charge in [-0.3, -0.25) is 0 Å². The summed E-state index contributed by atoms with van der Waals surface area (Å²) in [5.41, 5.74) is 10.00. The van der Waals surface area contributed by atoms with E-state index in [1.807, 2.05) is 12.1 Å². The normalized spacial score (nSPS) is 27.1. The van der Waals surface area contributed by atoms with Gasteiger partial charge in [0, 0.05) is 29.7 Å². The van der Waals surface area contributed by atoms with E-state index >= 15 is 0 Å². The predicted molar refractivity (Wildman–Crippen MR) is 101 cm³/mol. The van der Waals surface area contributed by atoms with Crippen LogP contribution in [0.1, 0.15) is 24.8 Å². The Hall–Kier alpha value is -2.32. The van der Waals surface area contributed by atoms with Crippen molar-refractivity contribution < 1.29 is 14.6 Å². The molecule has 4 atom stereocenters. The second kappa shape index (κ2) is 9.57. The number of β-amino-alcohol motifs (C(OH)–C–C–N with tert-alkyl or cyclic N) is 1. The lowest BCUT2D eigenvalue weighted by Crippen LogP contribution is -2.42. The van der Waals surface area contributed by atoms with Gasteiger partial charge in [-0.25, -0.2) is 4.79 Å². The molecule has 0 bridgehead atoms. The van der Waals surface area contributed by atoms with Crippen LogP contribution in [0, 0.1) is 0 Å². The Bertz CT molecular complexity index is 670. The van der Waals surface area contributed by atoms with E-state index in [9.17, 15) is 9.90 Å². The molecule has 0 aliphatic carbocycles. The van der Waals surface area contributed by atoms with Gasteiger partial charge in [0.05, 0.1) is 6.04 Å². The third-order valence-electron chi connectivity index (χ3n) is 5.08. The monoisotopic (exact) mass is 374 g/mol. The fourth-order valence-electron chi connectivity index (χ4n) is 3.64. The number of hydrogen-bond acceptors (Lipinski definition) is 6. The molecule has 0 unspecified atom stereocenters. The van der Waals surface area contributed by atoms with Gasteiger partial charge in [-0.2, -0.15) is 0 Å². The fraction of sp³-hybridized carbons (Fsp3) is 0.611. The molecule has 0 aromatic heterocycles. The first kappa shape index (κ1) is 19.4. The quantitative estimate of drug-likeness (QED) is 0.328. The summed E-state index contributed by atoms with van der Waals surface area (Å²) in [4.78, 5) is 14.8. The van der Waals surface area contributed by atoms with Crippen LogP contribution in [0.5, 0.6) is 0 Å². The maximum atomic E-state index is 12.1. The Balaban J connectivity index is 1.48. The number of aliphatic hydroxyl groups excluding tert-OH is 1. The van der Waals surface area contributed by atoms with Gasteiger partial charge >= 0.3 is 6.09 Å². The zero-order chi connectivity index (χ0) is 19.1. The van der Waals surface area contributed by atoms with Crippen molar-refractivity contribution in [2.75, 3.05) is 19.6 Å². The number of nitrogens with one attached hydrogen (secondary N) is 3. The number of amides is 1. The molecule has 1 amide bonds. The van der Waals surface area contributed by atoms with E-state index in [4.69, 9.17) is 10.3 Å². The minimum Gasteiger partial charge on any atom is -0.442 e. The highest BCUT2D eigenvalue weighted by Crippen LogP contribution is 2.19. The first-order chi connectivity index (χ1) is 13.2. The Kier molecular flexibility index (Phi) is 6.89. The average molecular weight is 374 g/mol. The van der Waals surface area contributed by atoms with E-state index in [1.165, 1.54) is 6.42 Å². The maximum absolute atomic E-state index is 12.1. The number of azide groups is 1. The Morgan fingerprint density at radius 2 is 2.19 bits per heavy atom. The van der Waals surface area contributed by atoms with Crippen LogP contribution in [-0.2, 0) is 11.2 Å². The third kappa shape index (κ3) is 5.58. The van der Waals surface area contributed by atoms with Crippen molar-refractivity contribution >= 4 is 11.8 Å². The van der Waals surface area contributed by atoms with E-state index in [1.54, 1.807) is 12.1 Å². The van der Waals surface area contributed by atoms with Crippen LogP contribution in [0.3, 0.4) is 0 Å². The van der Waals surface area contributed by atoms with E-state index in [0.717, 1.165) is 24.9 Å². The number of alkyl carbamates (subject to hydrolysis) is 1. The topological polar surface area (TPSA) is 131 Å². The van der Waals surface area contributed by atoms with Crippen molar-refractivity contribution in [1.29, 1.82) is 0 Å². The molecule has 0 radical (unpaired) electrons. The van der Waals surface area contributed by atoms with Gasteiger partial charge in [-0.1, -0.05) is 29.4 Å². The van der Waals surface area contributed by atoms with Crippen LogP contribution in [-0.4, -0.2) is 55.1 Å². The second-order valence-corrected chi connectivity index (χ2v) is 7.02. The first-order valence-corrected chi connectivity index (χ1v) is 9.39. The molecule has 1 aromatic rings. The Morgan fingerprint density at radius 1 is 1.37 bits per heavy atom. The van der Waals surface area contributed by atoms with Crippen molar-refractivity contribution in [3.63, 3.8) is 0 Å². The van der Waals surface area contributed by atoms with Crippen molar-refractivity contribution in [3.05, 3.63) is 40.3 Å². The molecular weight excluding hydrogens is 348 g/mol. The largest absolute Gasteiger partial charge is 0.442 e. The maximum Gasteiger partial charge on any atom is 0.407 e. The fourth-order valence-corrected chi connectivity index (χ4v) is 3.64. The predicted octanol–water partition coefficient (Wildman–Crippen LogP) is 1.74. The lowest BCUT2D eigenvalue weighted by Gasteiger charge is -2.22. The summed E-state index contributed by atoms with van der Waals surface area (Å²) >= 11 is 0. The van der Waals surface area contributed by atoms with Crippen molar-refractivity contribution in [1.82, 2.24) is 16.0 Å². The average Bonchev–Trinajstić information content (AvgIpc) is 3.29. The SMILES string of the molecule is [N-]=[N+]=Nc1ccc(C[C@H]2NC[C@H](O)[C@H]2OC(=O)NCC[C@@H]2CCCN2)cc1. The van der Waals surface area contributed by atoms with Crippen molar-refractivity contribution in [2.24, 2.45) is 5.11 Å². The molecule has 2 aliphatic rings. The van der Waals surface area contributed by atoms with Crippen LogP contribution in [0.25, 0.3) is 10.4 Å². The molecule has 2 aliphatic heterocycles. The number of carbonyl (C=O) groups excluding carboxylic acids is 1. The zero-order valence-corrected chi connectivity index (χ0v) is 15.2. The Morgan fingerprint density at radius 3 is 2.89 bits per heavy atom. The molecule has 4 N–H and O–H groups in total. The van der Waals surface area contributed by atoms with Gasteiger partial charge in [0.1, 0.15) is 12.2 Å². The summed E-state index contributed by atoms with van der Waals surface area (Å²) in [6, 6.07) is 7.49. The number of benzene rings is 1. The molecule has 2 heterocycles. The number of hydrogen-bond donors (Lipinski definition) is 4. The Labute approximate surface area is 158 Å². The molecular formula is C18H26N6O3. The van der Waals surface area contributed by atoms with Crippen molar-refractivity contribution in [2.45, 2.75) is 50.0 Å². The number of ether oxygens (including phenoxy) is 1. The summed E-state index contributed by atoms with van der Waals surface area (Å²) in [6.07, 6.45) is 1.96. The van der Waals surface area contributed by atoms with Crippen LogP contribution in [0.2, 0.25) is 0 Å². The molecule has 2 fully saturated rings. The molecule has 0 spiro atoms.